The number of unbranched alkanes of at least 4 members (excludes halogenated alkanes) is 4. The van der Waals surface area contributed by atoms with E-state index in [1.165, 1.54) is 19.3 Å². The first-order valence-electron chi connectivity index (χ1n) is 11.6. The lowest BCUT2D eigenvalue weighted by molar-refractivity contribution is -0.280. The number of aliphatic hydroxyl groups is 1. The highest BCUT2D eigenvalue weighted by atomic mass is 16.9. The Kier molecular flexibility index (Phi) is 8.52. The van der Waals surface area contributed by atoms with Crippen LogP contribution in [-0.2, 0) is 23.7 Å². The molecule has 2 aliphatic heterocycles. The number of benzene rings is 1. The van der Waals surface area contributed by atoms with Gasteiger partial charge in [-0.15, -0.1) is 0 Å². The number of amides is 1. The summed E-state index contributed by atoms with van der Waals surface area (Å²) in [5, 5.41) is 13.5. The molecule has 8 nitrogen and oxygen atoms in total. The fourth-order valence-electron chi connectivity index (χ4n) is 4.08. The summed E-state index contributed by atoms with van der Waals surface area (Å²) in [6.45, 7) is 8.28. The van der Waals surface area contributed by atoms with Crippen molar-refractivity contribution >= 4 is 11.8 Å². The first-order valence-corrected chi connectivity index (χ1v) is 11.6. The summed E-state index contributed by atoms with van der Waals surface area (Å²) in [4.78, 5) is 12.2. The Hall–Kier alpha value is -1.71. The third-order valence-corrected chi connectivity index (χ3v) is 5.68. The number of hydrogen-bond donors (Lipinski definition) is 2. The van der Waals surface area contributed by atoms with Crippen LogP contribution in [0.25, 0.3) is 0 Å². The average molecular weight is 452 g/mol. The normalized spacial score (nSPS) is 28.5. The third kappa shape index (κ3) is 6.42. The molecule has 0 aliphatic carbocycles. The molecular formula is C24H37NO7. The highest BCUT2D eigenvalue weighted by molar-refractivity contribution is 5.84. The van der Waals surface area contributed by atoms with E-state index >= 15 is 0 Å². The molecule has 32 heavy (non-hydrogen) atoms. The quantitative estimate of drug-likeness (QED) is 0.488. The van der Waals surface area contributed by atoms with E-state index in [9.17, 15) is 9.90 Å². The SMILES string of the molecule is CCCCCCCOC[C@@]12O[C@@H](COC(=O)Nc3ccc(C)cc3)[C@@H](O)[C@@H]1OC(C)(C)O2. The summed E-state index contributed by atoms with van der Waals surface area (Å²) in [5.41, 5.74) is 1.72. The zero-order chi connectivity index (χ0) is 23.2. The van der Waals surface area contributed by atoms with Crippen molar-refractivity contribution in [1.29, 1.82) is 0 Å². The summed E-state index contributed by atoms with van der Waals surface area (Å²) in [7, 11) is 0. The number of aryl methyl sites for hydroxylation is 1. The standard InChI is InChI=1S/C24H37NO7/c1-5-6-7-8-9-14-28-16-24-21(31-23(3,4)32-24)20(26)19(30-24)15-29-22(27)25-18-12-10-17(2)11-13-18/h10-13,19-21,26H,5-9,14-16H2,1-4H3,(H,25,27)/t19-,20+,21-,24-/m0/s1. The van der Waals surface area contributed by atoms with Gasteiger partial charge in [0.2, 0.25) is 5.79 Å². The molecule has 180 valence electrons. The zero-order valence-electron chi connectivity index (χ0n) is 19.6. The first kappa shape index (κ1) is 24.9. The van der Waals surface area contributed by atoms with Crippen LogP contribution in [0.5, 0.6) is 0 Å². The van der Waals surface area contributed by atoms with Crippen molar-refractivity contribution in [2.45, 2.75) is 89.7 Å². The van der Waals surface area contributed by atoms with Crippen LogP contribution in [-0.4, -0.2) is 60.9 Å². The summed E-state index contributed by atoms with van der Waals surface area (Å²) >= 11 is 0. The molecule has 0 bridgehead atoms. The number of fused-ring (bicyclic) bond motifs is 1. The van der Waals surface area contributed by atoms with Gasteiger partial charge >= 0.3 is 6.09 Å². The maximum atomic E-state index is 12.2. The smallest absolute Gasteiger partial charge is 0.411 e. The Balaban J connectivity index is 1.50. The minimum Gasteiger partial charge on any atom is -0.446 e. The van der Waals surface area contributed by atoms with Crippen LogP contribution in [0, 0.1) is 6.92 Å². The molecule has 2 heterocycles. The van der Waals surface area contributed by atoms with Crippen molar-refractivity contribution in [2.24, 2.45) is 0 Å². The predicted molar refractivity (Wildman–Crippen MR) is 119 cm³/mol. The van der Waals surface area contributed by atoms with Crippen LogP contribution < -0.4 is 5.32 Å². The topological polar surface area (TPSA) is 95.5 Å². The fraction of sp³-hybridized carbons (Fsp3) is 0.708. The maximum absolute atomic E-state index is 12.2. The molecule has 2 saturated heterocycles. The van der Waals surface area contributed by atoms with Crippen LogP contribution in [0.3, 0.4) is 0 Å². The van der Waals surface area contributed by atoms with E-state index in [0.29, 0.717) is 12.3 Å². The Labute approximate surface area is 190 Å². The molecule has 3 rings (SSSR count). The van der Waals surface area contributed by atoms with Gasteiger partial charge in [0.15, 0.2) is 5.79 Å². The maximum Gasteiger partial charge on any atom is 0.411 e. The molecule has 2 aliphatic rings. The van der Waals surface area contributed by atoms with Crippen LogP contribution in [0.2, 0.25) is 0 Å². The number of aliphatic hydroxyl groups excluding tert-OH is 1. The summed E-state index contributed by atoms with van der Waals surface area (Å²) in [5.74, 6) is -2.14. The third-order valence-electron chi connectivity index (χ3n) is 5.68. The van der Waals surface area contributed by atoms with Crippen LogP contribution in [0.4, 0.5) is 10.5 Å². The second kappa shape index (κ2) is 10.9. The van der Waals surface area contributed by atoms with Crippen molar-refractivity contribution in [3.05, 3.63) is 29.8 Å². The number of nitrogens with one attached hydrogen (secondary N) is 1. The van der Waals surface area contributed by atoms with E-state index in [1.807, 2.05) is 19.1 Å². The second-order valence-electron chi connectivity index (χ2n) is 9.06. The van der Waals surface area contributed by atoms with E-state index in [2.05, 4.69) is 12.2 Å². The molecule has 1 amide bonds. The molecule has 0 saturated carbocycles. The minimum absolute atomic E-state index is 0.137. The molecule has 2 N–H and O–H groups in total. The zero-order valence-corrected chi connectivity index (χ0v) is 19.6. The van der Waals surface area contributed by atoms with Gasteiger partial charge < -0.3 is 28.8 Å². The fourth-order valence-corrected chi connectivity index (χ4v) is 4.08. The van der Waals surface area contributed by atoms with Gasteiger partial charge in [0.1, 0.15) is 31.5 Å². The molecule has 0 unspecified atom stereocenters. The highest BCUT2D eigenvalue weighted by Crippen LogP contribution is 2.45. The highest BCUT2D eigenvalue weighted by Gasteiger charge is 2.65. The molecule has 1 aromatic carbocycles. The van der Waals surface area contributed by atoms with Crippen LogP contribution >= 0.6 is 0 Å². The largest absolute Gasteiger partial charge is 0.446 e. The number of hydrogen-bond acceptors (Lipinski definition) is 7. The van der Waals surface area contributed by atoms with Crippen molar-refractivity contribution in [1.82, 2.24) is 0 Å². The number of anilines is 1. The Bertz CT molecular complexity index is 738. The van der Waals surface area contributed by atoms with Crippen molar-refractivity contribution in [3.63, 3.8) is 0 Å². The Morgan fingerprint density at radius 3 is 2.56 bits per heavy atom. The van der Waals surface area contributed by atoms with Gasteiger partial charge in [-0.05, 0) is 39.3 Å². The second-order valence-corrected chi connectivity index (χ2v) is 9.06. The molecule has 4 atom stereocenters. The van der Waals surface area contributed by atoms with Gasteiger partial charge in [0, 0.05) is 12.3 Å². The lowest BCUT2D eigenvalue weighted by Gasteiger charge is -2.28. The summed E-state index contributed by atoms with van der Waals surface area (Å²) < 4.78 is 29.1. The van der Waals surface area contributed by atoms with Crippen LogP contribution in [0.1, 0.15) is 58.4 Å². The average Bonchev–Trinajstić information content (AvgIpc) is 3.15. The van der Waals surface area contributed by atoms with Crippen molar-refractivity contribution < 1.29 is 33.6 Å². The van der Waals surface area contributed by atoms with Gasteiger partial charge in [-0.1, -0.05) is 50.3 Å². The lowest BCUT2D eigenvalue weighted by Crippen LogP contribution is -2.45. The van der Waals surface area contributed by atoms with E-state index in [4.69, 9.17) is 23.7 Å². The number of carbonyl (C=O) groups excluding carboxylic acids is 1. The van der Waals surface area contributed by atoms with Gasteiger partial charge in [-0.2, -0.15) is 0 Å². The Morgan fingerprint density at radius 1 is 1.12 bits per heavy atom. The van der Waals surface area contributed by atoms with Crippen LogP contribution in [0.15, 0.2) is 24.3 Å². The van der Waals surface area contributed by atoms with Crippen molar-refractivity contribution in [3.8, 4) is 0 Å². The van der Waals surface area contributed by atoms with Gasteiger partial charge in [0.05, 0.1) is 0 Å². The molecular weight excluding hydrogens is 414 g/mol. The molecule has 0 radical (unpaired) electrons. The predicted octanol–water partition coefficient (Wildman–Crippen LogP) is 4.14. The van der Waals surface area contributed by atoms with E-state index < -0.39 is 36.0 Å². The Morgan fingerprint density at radius 2 is 1.84 bits per heavy atom. The van der Waals surface area contributed by atoms with Gasteiger partial charge in [-0.25, -0.2) is 4.79 Å². The van der Waals surface area contributed by atoms with Gasteiger partial charge in [-0.3, -0.25) is 5.32 Å². The van der Waals surface area contributed by atoms with E-state index in [-0.39, 0.29) is 13.2 Å². The lowest BCUT2D eigenvalue weighted by atomic mass is 10.1. The summed E-state index contributed by atoms with van der Waals surface area (Å²) in [6.07, 6.45) is 2.54. The first-order chi connectivity index (χ1) is 15.2. The van der Waals surface area contributed by atoms with Gasteiger partial charge in [0.25, 0.3) is 0 Å². The minimum atomic E-state index is -1.23. The molecule has 0 spiro atoms. The molecule has 2 fully saturated rings. The monoisotopic (exact) mass is 451 g/mol. The number of carbonyl (C=O) groups is 1. The van der Waals surface area contributed by atoms with Crippen molar-refractivity contribution in [2.75, 3.05) is 25.1 Å². The molecule has 8 heteroatoms. The molecule has 1 aromatic rings. The number of rotatable bonds is 11. The number of ether oxygens (including phenoxy) is 5. The van der Waals surface area contributed by atoms with E-state index in [1.54, 1.807) is 26.0 Å². The summed E-state index contributed by atoms with van der Waals surface area (Å²) in [6, 6.07) is 7.37. The van der Waals surface area contributed by atoms with E-state index in [0.717, 1.165) is 18.4 Å². The molecule has 0 aromatic heterocycles.